The molecular weight excluding hydrogens is 341 g/mol. The fourth-order valence-corrected chi connectivity index (χ4v) is 2.86. The normalized spacial score (nSPS) is 10.9. The molecule has 4 rings (SSSR count). The minimum atomic E-state index is -0.400. The third-order valence-corrected chi connectivity index (χ3v) is 4.24. The maximum Gasteiger partial charge on any atom is 0.277 e. The van der Waals surface area contributed by atoms with Crippen LogP contribution in [0.4, 0.5) is 4.39 Å². The Labute approximate surface area is 146 Å². The van der Waals surface area contributed by atoms with E-state index in [1.165, 1.54) is 17.8 Å². The minimum absolute atomic E-state index is 0.151. The number of halogens is 1. The van der Waals surface area contributed by atoms with Crippen LogP contribution in [0.5, 0.6) is 0 Å². The molecule has 0 saturated heterocycles. The fraction of sp³-hybridized carbons (Fsp3) is 0.0556. The van der Waals surface area contributed by atoms with Crippen molar-refractivity contribution in [3.05, 3.63) is 72.5 Å². The Kier molecular flexibility index (Phi) is 4.30. The Morgan fingerprint density at radius 2 is 1.72 bits per heavy atom. The highest BCUT2D eigenvalue weighted by atomic mass is 32.2. The highest BCUT2D eigenvalue weighted by Crippen LogP contribution is 2.28. The topological polar surface area (TPSA) is 65.0 Å². The van der Waals surface area contributed by atoms with Crippen molar-refractivity contribution in [3.63, 3.8) is 0 Å². The maximum absolute atomic E-state index is 13.7. The van der Waals surface area contributed by atoms with Crippen LogP contribution in [-0.2, 0) is 5.75 Å². The number of hydrogen-bond acceptors (Lipinski definition) is 6. The van der Waals surface area contributed by atoms with Crippen molar-refractivity contribution < 1.29 is 13.2 Å². The highest BCUT2D eigenvalue weighted by molar-refractivity contribution is 7.98. The quantitative estimate of drug-likeness (QED) is 0.479. The van der Waals surface area contributed by atoms with E-state index in [4.69, 9.17) is 8.83 Å². The van der Waals surface area contributed by atoms with Crippen LogP contribution >= 0.6 is 11.8 Å². The molecule has 5 nitrogen and oxygen atoms in total. The Balaban J connectivity index is 1.44. The number of hydrogen-bond donors (Lipinski definition) is 0. The largest absolute Gasteiger partial charge is 0.440 e. The molecule has 124 valence electrons. The Morgan fingerprint density at radius 3 is 2.56 bits per heavy atom. The summed E-state index contributed by atoms with van der Waals surface area (Å²) in [7, 11) is 0. The zero-order valence-corrected chi connectivity index (χ0v) is 13.7. The molecule has 0 saturated carbocycles. The second-order valence-corrected chi connectivity index (χ2v) is 6.05. The summed E-state index contributed by atoms with van der Waals surface area (Å²) >= 11 is 1.28. The van der Waals surface area contributed by atoms with Gasteiger partial charge in [-0.05, 0) is 12.1 Å². The van der Waals surface area contributed by atoms with Crippen molar-refractivity contribution in [1.29, 1.82) is 0 Å². The van der Waals surface area contributed by atoms with Gasteiger partial charge in [0, 0.05) is 5.56 Å². The molecule has 0 aliphatic heterocycles. The van der Waals surface area contributed by atoms with Crippen LogP contribution in [0.15, 0.2) is 74.9 Å². The van der Waals surface area contributed by atoms with Gasteiger partial charge in [-0.15, -0.1) is 10.2 Å². The van der Waals surface area contributed by atoms with E-state index in [1.54, 1.807) is 24.4 Å². The van der Waals surface area contributed by atoms with E-state index in [9.17, 15) is 4.39 Å². The average Bonchev–Trinajstić information content (AvgIpc) is 3.31. The summed E-state index contributed by atoms with van der Waals surface area (Å²) in [6, 6.07) is 16.0. The van der Waals surface area contributed by atoms with E-state index >= 15 is 0 Å². The highest BCUT2D eigenvalue weighted by Gasteiger charge is 2.14. The summed E-state index contributed by atoms with van der Waals surface area (Å²) in [5.74, 6) is 1.44. The smallest absolute Gasteiger partial charge is 0.277 e. The standard InChI is InChI=1S/C18H12FN3O2S/c19-14-9-5-4-8-13(14)17-21-22-18(24-17)25-11-16-20-10-15(23-16)12-6-2-1-3-7-12/h1-10H,11H2. The Morgan fingerprint density at radius 1 is 0.920 bits per heavy atom. The molecular formula is C18H12FN3O2S. The van der Waals surface area contributed by atoms with E-state index in [0.29, 0.717) is 22.6 Å². The van der Waals surface area contributed by atoms with Gasteiger partial charge in [-0.1, -0.05) is 54.2 Å². The number of nitrogens with zero attached hydrogens (tertiary/aromatic N) is 3. The average molecular weight is 353 g/mol. The van der Waals surface area contributed by atoms with E-state index in [1.807, 2.05) is 30.3 Å². The number of thioether (sulfide) groups is 1. The molecule has 0 bridgehead atoms. The molecule has 2 heterocycles. The second kappa shape index (κ2) is 6.90. The summed E-state index contributed by atoms with van der Waals surface area (Å²) in [6.07, 6.45) is 1.68. The molecule has 25 heavy (non-hydrogen) atoms. The van der Waals surface area contributed by atoms with Gasteiger partial charge in [0.1, 0.15) is 5.82 Å². The van der Waals surface area contributed by atoms with Gasteiger partial charge >= 0.3 is 0 Å². The van der Waals surface area contributed by atoms with E-state index in [2.05, 4.69) is 15.2 Å². The summed E-state index contributed by atoms with van der Waals surface area (Å²) in [5.41, 5.74) is 1.25. The van der Waals surface area contributed by atoms with Gasteiger partial charge in [-0.3, -0.25) is 0 Å². The maximum atomic E-state index is 13.7. The van der Waals surface area contributed by atoms with Crippen molar-refractivity contribution in [2.24, 2.45) is 0 Å². The van der Waals surface area contributed by atoms with Gasteiger partial charge in [-0.2, -0.15) is 0 Å². The molecule has 0 aliphatic rings. The monoisotopic (exact) mass is 353 g/mol. The fourth-order valence-electron chi connectivity index (χ4n) is 2.25. The van der Waals surface area contributed by atoms with Crippen LogP contribution < -0.4 is 0 Å². The first-order valence-corrected chi connectivity index (χ1v) is 8.49. The first-order valence-electron chi connectivity index (χ1n) is 7.51. The third kappa shape index (κ3) is 3.46. The summed E-state index contributed by atoms with van der Waals surface area (Å²) in [6.45, 7) is 0. The zero-order valence-electron chi connectivity index (χ0n) is 12.9. The lowest BCUT2D eigenvalue weighted by atomic mass is 10.2. The lowest BCUT2D eigenvalue weighted by Crippen LogP contribution is -1.82. The van der Waals surface area contributed by atoms with Crippen LogP contribution in [0.3, 0.4) is 0 Å². The van der Waals surface area contributed by atoms with E-state index in [0.717, 1.165) is 5.56 Å². The van der Waals surface area contributed by atoms with Gasteiger partial charge in [0.25, 0.3) is 11.1 Å². The minimum Gasteiger partial charge on any atom is -0.440 e. The van der Waals surface area contributed by atoms with Crippen molar-refractivity contribution in [2.45, 2.75) is 11.0 Å². The molecule has 2 aromatic carbocycles. The van der Waals surface area contributed by atoms with Crippen molar-refractivity contribution in [1.82, 2.24) is 15.2 Å². The third-order valence-electron chi connectivity index (χ3n) is 3.44. The number of aromatic nitrogens is 3. The van der Waals surface area contributed by atoms with Crippen LogP contribution in [0, 0.1) is 5.82 Å². The molecule has 0 spiro atoms. The molecule has 0 unspecified atom stereocenters. The van der Waals surface area contributed by atoms with Gasteiger partial charge in [0.15, 0.2) is 5.76 Å². The first-order chi connectivity index (χ1) is 12.3. The molecule has 2 aromatic heterocycles. The molecule has 0 atom stereocenters. The molecule has 7 heteroatoms. The summed E-state index contributed by atoms with van der Waals surface area (Å²) < 4.78 is 25.0. The number of oxazole rings is 1. The van der Waals surface area contributed by atoms with Crippen molar-refractivity contribution in [3.8, 4) is 22.8 Å². The van der Waals surface area contributed by atoms with Gasteiger partial charge in [0.05, 0.1) is 17.5 Å². The summed E-state index contributed by atoms with van der Waals surface area (Å²) in [4.78, 5) is 4.25. The second-order valence-electron chi connectivity index (χ2n) is 5.13. The van der Waals surface area contributed by atoms with Crippen LogP contribution in [0.2, 0.25) is 0 Å². The van der Waals surface area contributed by atoms with Crippen molar-refractivity contribution in [2.75, 3.05) is 0 Å². The SMILES string of the molecule is Fc1ccccc1-c1nnc(SCc2ncc(-c3ccccc3)o2)o1. The predicted octanol–water partition coefficient (Wildman–Crippen LogP) is 4.82. The van der Waals surface area contributed by atoms with Gasteiger partial charge in [0.2, 0.25) is 5.89 Å². The first kappa shape index (κ1) is 15.6. The zero-order chi connectivity index (χ0) is 17.1. The Hall–Kier alpha value is -2.93. The molecule has 0 amide bonds. The molecule has 0 aliphatic carbocycles. The van der Waals surface area contributed by atoms with Crippen LogP contribution in [0.25, 0.3) is 22.8 Å². The Bertz CT molecular complexity index is 985. The van der Waals surface area contributed by atoms with E-state index < -0.39 is 5.82 Å². The van der Waals surface area contributed by atoms with Crippen molar-refractivity contribution >= 4 is 11.8 Å². The van der Waals surface area contributed by atoms with E-state index in [-0.39, 0.29) is 11.5 Å². The lowest BCUT2D eigenvalue weighted by Gasteiger charge is -1.96. The van der Waals surface area contributed by atoms with Crippen LogP contribution in [0.1, 0.15) is 5.89 Å². The van der Waals surface area contributed by atoms with Gasteiger partial charge in [-0.25, -0.2) is 9.37 Å². The predicted molar refractivity (Wildman–Crippen MR) is 91.2 cm³/mol. The molecule has 4 aromatic rings. The van der Waals surface area contributed by atoms with Crippen LogP contribution in [-0.4, -0.2) is 15.2 Å². The van der Waals surface area contributed by atoms with Gasteiger partial charge < -0.3 is 8.83 Å². The number of rotatable bonds is 5. The number of benzene rings is 2. The molecule has 0 fully saturated rings. The summed E-state index contributed by atoms with van der Waals surface area (Å²) in [5, 5.41) is 8.14. The molecule has 0 radical (unpaired) electrons. The molecule has 0 N–H and O–H groups in total. The lowest BCUT2D eigenvalue weighted by molar-refractivity contribution is 0.461.